The molecule has 0 radical (unpaired) electrons. The molecule has 0 fully saturated rings. The molecule has 0 spiro atoms. The summed E-state index contributed by atoms with van der Waals surface area (Å²) in [4.78, 5) is 2.66. The number of hydrogen-bond donors (Lipinski definition) is 1. The molecule has 0 bridgehead atoms. The van der Waals surface area contributed by atoms with Gasteiger partial charge in [0, 0.05) is 22.3 Å². The normalized spacial score (nSPS) is 12.4. The van der Waals surface area contributed by atoms with E-state index in [4.69, 9.17) is 4.74 Å². The molecular weight excluding hydrogens is 273 g/mol. The van der Waals surface area contributed by atoms with Crippen molar-refractivity contribution in [3.8, 4) is 5.75 Å². The molecule has 0 amide bonds. The maximum Gasteiger partial charge on any atom is 0.165 e. The minimum absolute atomic E-state index is 0.255. The van der Waals surface area contributed by atoms with Gasteiger partial charge in [0.1, 0.15) is 0 Å². The van der Waals surface area contributed by atoms with E-state index in [1.54, 1.807) is 6.07 Å². The lowest BCUT2D eigenvalue weighted by Gasteiger charge is -2.14. The van der Waals surface area contributed by atoms with Crippen molar-refractivity contribution in [2.45, 2.75) is 33.4 Å². The quantitative estimate of drug-likeness (QED) is 0.884. The standard InChI is InChI=1S/C16H20FNOS/c1-10-7-14(12(3)20-10)11(2)18-9-13-5-6-16(19-4)15(17)8-13/h5-8,11,18H,9H2,1-4H3. The topological polar surface area (TPSA) is 21.3 Å². The molecule has 1 heterocycles. The Kier molecular flexibility index (Phi) is 4.78. The molecule has 1 aromatic carbocycles. The lowest BCUT2D eigenvalue weighted by atomic mass is 10.1. The Balaban J connectivity index is 2.01. The maximum atomic E-state index is 13.6. The van der Waals surface area contributed by atoms with Gasteiger partial charge in [-0.15, -0.1) is 11.3 Å². The summed E-state index contributed by atoms with van der Waals surface area (Å²) >= 11 is 1.81. The fraction of sp³-hybridized carbons (Fsp3) is 0.375. The van der Waals surface area contributed by atoms with Crippen LogP contribution in [0.25, 0.3) is 0 Å². The van der Waals surface area contributed by atoms with Gasteiger partial charge >= 0.3 is 0 Å². The first-order chi connectivity index (χ1) is 9.51. The van der Waals surface area contributed by atoms with E-state index in [0.717, 1.165) is 5.56 Å². The Bertz CT molecular complexity index is 594. The van der Waals surface area contributed by atoms with E-state index < -0.39 is 0 Å². The SMILES string of the molecule is COc1ccc(CNC(C)c2cc(C)sc2C)cc1F. The van der Waals surface area contributed by atoms with Crippen molar-refractivity contribution in [3.05, 3.63) is 51.0 Å². The molecule has 0 saturated heterocycles. The molecular formula is C16H20FNOS. The van der Waals surface area contributed by atoms with Gasteiger partial charge < -0.3 is 10.1 Å². The van der Waals surface area contributed by atoms with Crippen LogP contribution in [0.1, 0.15) is 33.8 Å². The van der Waals surface area contributed by atoms with Crippen LogP contribution < -0.4 is 10.1 Å². The van der Waals surface area contributed by atoms with Crippen LogP contribution >= 0.6 is 11.3 Å². The molecule has 4 heteroatoms. The molecule has 1 unspecified atom stereocenters. The van der Waals surface area contributed by atoms with Gasteiger partial charge in [0.2, 0.25) is 0 Å². The van der Waals surface area contributed by atoms with Crippen LogP contribution in [-0.4, -0.2) is 7.11 Å². The second kappa shape index (κ2) is 6.37. The highest BCUT2D eigenvalue weighted by molar-refractivity contribution is 7.12. The summed E-state index contributed by atoms with van der Waals surface area (Å²) in [5.74, 6) is -0.0342. The maximum absolute atomic E-state index is 13.6. The first-order valence-electron chi connectivity index (χ1n) is 6.64. The Morgan fingerprint density at radius 2 is 2.05 bits per heavy atom. The summed E-state index contributed by atoms with van der Waals surface area (Å²) in [5.41, 5.74) is 2.24. The van der Waals surface area contributed by atoms with Crippen LogP contribution in [0.4, 0.5) is 4.39 Å². The Morgan fingerprint density at radius 1 is 1.30 bits per heavy atom. The number of benzene rings is 1. The molecule has 2 rings (SSSR count). The van der Waals surface area contributed by atoms with E-state index >= 15 is 0 Å². The highest BCUT2D eigenvalue weighted by Gasteiger charge is 2.11. The lowest BCUT2D eigenvalue weighted by molar-refractivity contribution is 0.386. The lowest BCUT2D eigenvalue weighted by Crippen LogP contribution is -2.18. The van der Waals surface area contributed by atoms with Gasteiger partial charge in [-0.05, 0) is 50.1 Å². The monoisotopic (exact) mass is 293 g/mol. The van der Waals surface area contributed by atoms with Gasteiger partial charge in [-0.1, -0.05) is 6.07 Å². The molecule has 2 nitrogen and oxygen atoms in total. The van der Waals surface area contributed by atoms with Crippen LogP contribution in [0.5, 0.6) is 5.75 Å². The van der Waals surface area contributed by atoms with Gasteiger partial charge in [0.25, 0.3) is 0 Å². The van der Waals surface area contributed by atoms with Crippen molar-refractivity contribution in [2.75, 3.05) is 7.11 Å². The number of rotatable bonds is 5. The van der Waals surface area contributed by atoms with E-state index in [1.165, 1.54) is 28.5 Å². The van der Waals surface area contributed by atoms with Crippen molar-refractivity contribution in [1.82, 2.24) is 5.32 Å². The van der Waals surface area contributed by atoms with Gasteiger partial charge in [0.15, 0.2) is 11.6 Å². The van der Waals surface area contributed by atoms with Crippen molar-refractivity contribution >= 4 is 11.3 Å². The molecule has 2 aromatic rings. The predicted octanol–water partition coefficient (Wildman–Crippen LogP) is 4.36. The van der Waals surface area contributed by atoms with Crippen LogP contribution in [0.15, 0.2) is 24.3 Å². The van der Waals surface area contributed by atoms with Crippen molar-refractivity contribution in [3.63, 3.8) is 0 Å². The summed E-state index contributed by atoms with van der Waals surface area (Å²) in [7, 11) is 1.47. The zero-order chi connectivity index (χ0) is 14.7. The molecule has 0 aliphatic heterocycles. The number of halogens is 1. The van der Waals surface area contributed by atoms with E-state index in [0.29, 0.717) is 6.54 Å². The summed E-state index contributed by atoms with van der Waals surface area (Å²) in [6, 6.07) is 7.53. The number of aryl methyl sites for hydroxylation is 2. The van der Waals surface area contributed by atoms with E-state index in [-0.39, 0.29) is 17.6 Å². The second-order valence-electron chi connectivity index (χ2n) is 4.94. The zero-order valence-corrected chi connectivity index (χ0v) is 13.1. The van der Waals surface area contributed by atoms with E-state index in [2.05, 4.69) is 32.2 Å². The summed E-state index contributed by atoms with van der Waals surface area (Å²) in [6.45, 7) is 7.02. The largest absolute Gasteiger partial charge is 0.494 e. The molecule has 1 N–H and O–H groups in total. The van der Waals surface area contributed by atoms with Crippen LogP contribution in [0.3, 0.4) is 0 Å². The Morgan fingerprint density at radius 3 is 2.60 bits per heavy atom. The summed E-state index contributed by atoms with van der Waals surface area (Å²) in [5, 5.41) is 3.43. The third-order valence-electron chi connectivity index (χ3n) is 3.37. The van der Waals surface area contributed by atoms with Crippen LogP contribution in [0.2, 0.25) is 0 Å². The van der Waals surface area contributed by atoms with Gasteiger partial charge in [0.05, 0.1) is 7.11 Å². The van der Waals surface area contributed by atoms with Crippen molar-refractivity contribution < 1.29 is 9.13 Å². The fourth-order valence-corrected chi connectivity index (χ4v) is 3.30. The number of hydrogen-bond acceptors (Lipinski definition) is 3. The first kappa shape index (κ1) is 15.0. The average Bonchev–Trinajstić information content (AvgIpc) is 2.75. The minimum atomic E-state index is -0.318. The number of nitrogens with one attached hydrogen (secondary N) is 1. The number of thiophene rings is 1. The number of ether oxygens (including phenoxy) is 1. The van der Waals surface area contributed by atoms with E-state index in [1.807, 2.05) is 17.4 Å². The van der Waals surface area contributed by atoms with Crippen LogP contribution in [-0.2, 0) is 6.54 Å². The highest BCUT2D eigenvalue weighted by atomic mass is 32.1. The fourth-order valence-electron chi connectivity index (χ4n) is 2.28. The molecule has 1 atom stereocenters. The van der Waals surface area contributed by atoms with Gasteiger partial charge in [-0.3, -0.25) is 0 Å². The third-order valence-corrected chi connectivity index (χ3v) is 4.36. The van der Waals surface area contributed by atoms with Gasteiger partial charge in [-0.2, -0.15) is 0 Å². The predicted molar refractivity (Wildman–Crippen MR) is 82.0 cm³/mol. The van der Waals surface area contributed by atoms with Crippen molar-refractivity contribution in [2.24, 2.45) is 0 Å². The van der Waals surface area contributed by atoms with Crippen LogP contribution in [0, 0.1) is 19.7 Å². The molecule has 1 aromatic heterocycles. The smallest absolute Gasteiger partial charge is 0.165 e. The zero-order valence-electron chi connectivity index (χ0n) is 12.3. The van der Waals surface area contributed by atoms with E-state index in [9.17, 15) is 4.39 Å². The molecule has 108 valence electrons. The van der Waals surface area contributed by atoms with Crippen molar-refractivity contribution in [1.29, 1.82) is 0 Å². The summed E-state index contributed by atoms with van der Waals surface area (Å²) < 4.78 is 18.5. The van der Waals surface area contributed by atoms with Gasteiger partial charge in [-0.25, -0.2) is 4.39 Å². The highest BCUT2D eigenvalue weighted by Crippen LogP contribution is 2.26. The number of methoxy groups -OCH3 is 1. The Labute approximate surface area is 123 Å². The summed E-state index contributed by atoms with van der Waals surface area (Å²) in [6.07, 6.45) is 0. The first-order valence-corrected chi connectivity index (χ1v) is 7.45. The molecule has 0 aliphatic carbocycles. The molecule has 0 aliphatic rings. The third kappa shape index (κ3) is 3.38. The Hall–Kier alpha value is -1.39. The second-order valence-corrected chi connectivity index (χ2v) is 6.40. The molecule has 0 saturated carbocycles. The average molecular weight is 293 g/mol. The molecule has 20 heavy (non-hydrogen) atoms. The minimum Gasteiger partial charge on any atom is -0.494 e.